The van der Waals surface area contributed by atoms with Gasteiger partial charge in [-0.3, -0.25) is 0 Å². The first-order chi connectivity index (χ1) is 18.5. The molecule has 5 nitrogen and oxygen atoms in total. The molecule has 6 aromatic rings. The zero-order valence-corrected chi connectivity index (χ0v) is 22.7. The Kier molecular flexibility index (Phi) is 5.17. The van der Waals surface area contributed by atoms with Crippen LogP contribution in [0.25, 0.3) is 61.0 Å². The van der Waals surface area contributed by atoms with Gasteiger partial charge in [-0.05, 0) is 53.3 Å². The van der Waals surface area contributed by atoms with Gasteiger partial charge in [-0.15, -0.1) is 11.8 Å². The van der Waals surface area contributed by atoms with Crippen molar-refractivity contribution in [3.8, 4) is 28.1 Å². The molecule has 2 N–H and O–H groups in total. The lowest BCUT2D eigenvalue weighted by molar-refractivity contribution is 0.301. The third-order valence-corrected chi connectivity index (χ3v) is 8.38. The standard InChI is InChI=1S/C32H28N4OS/c1-6-21-28-29(34-17(4)33-28)23-11-8-19(14-25(23)31(21)38-5)18-7-10-22-20(13-18)9-12-24-27-26(15-37-30(22)24)35-32(36-27)16(2)3/h6-14,16H,1,15H2,2-5H3,(H,33,34)(H,35,36). The van der Waals surface area contributed by atoms with Crippen molar-refractivity contribution in [2.45, 2.75) is 38.2 Å². The second kappa shape index (κ2) is 8.50. The summed E-state index contributed by atoms with van der Waals surface area (Å²) in [4.78, 5) is 17.8. The van der Waals surface area contributed by atoms with Crippen molar-refractivity contribution in [2.75, 3.05) is 6.26 Å². The second-order valence-corrected chi connectivity index (χ2v) is 11.0. The monoisotopic (exact) mass is 516 g/mol. The van der Waals surface area contributed by atoms with Gasteiger partial charge in [0.25, 0.3) is 0 Å². The summed E-state index contributed by atoms with van der Waals surface area (Å²) < 4.78 is 6.27. The van der Waals surface area contributed by atoms with E-state index >= 15 is 0 Å². The lowest BCUT2D eigenvalue weighted by Gasteiger charge is -2.19. The fourth-order valence-electron chi connectivity index (χ4n) is 5.67. The number of imidazole rings is 2. The van der Waals surface area contributed by atoms with Crippen LogP contribution >= 0.6 is 11.8 Å². The van der Waals surface area contributed by atoms with Crippen LogP contribution in [0, 0.1) is 6.92 Å². The van der Waals surface area contributed by atoms with Crippen molar-refractivity contribution in [1.29, 1.82) is 0 Å². The van der Waals surface area contributed by atoms with E-state index < -0.39 is 0 Å². The highest BCUT2D eigenvalue weighted by Crippen LogP contribution is 2.43. The summed E-state index contributed by atoms with van der Waals surface area (Å²) in [6.45, 7) is 10.9. The number of hydrogen-bond acceptors (Lipinski definition) is 4. The SMILES string of the molecule is C=Cc1c(SC)c2cc(-c3ccc4c5c(ccc4c3)-c3nc(C(C)C)[nH]c3CO5)ccc2c2[nH]c(C)nc12. The Morgan fingerprint density at radius 2 is 1.76 bits per heavy atom. The van der Waals surface area contributed by atoms with E-state index in [0.717, 1.165) is 61.7 Å². The number of aromatic amines is 2. The van der Waals surface area contributed by atoms with E-state index in [1.165, 1.54) is 26.8 Å². The smallest absolute Gasteiger partial charge is 0.137 e. The molecule has 7 rings (SSSR count). The first kappa shape index (κ1) is 23.1. The number of aromatic nitrogens is 4. The van der Waals surface area contributed by atoms with Crippen LogP contribution in [0.2, 0.25) is 0 Å². The summed E-state index contributed by atoms with van der Waals surface area (Å²) in [5.41, 5.74) is 8.61. The van der Waals surface area contributed by atoms with Gasteiger partial charge in [0.2, 0.25) is 0 Å². The predicted molar refractivity (Wildman–Crippen MR) is 159 cm³/mol. The minimum atomic E-state index is 0.344. The highest BCUT2D eigenvalue weighted by Gasteiger charge is 2.24. The van der Waals surface area contributed by atoms with Crippen LogP contribution in [0.5, 0.6) is 5.75 Å². The van der Waals surface area contributed by atoms with Gasteiger partial charge >= 0.3 is 0 Å². The van der Waals surface area contributed by atoms with Crippen LogP contribution in [-0.4, -0.2) is 26.2 Å². The molecule has 188 valence electrons. The fourth-order valence-corrected chi connectivity index (χ4v) is 6.46. The van der Waals surface area contributed by atoms with Gasteiger partial charge in [0.15, 0.2) is 0 Å². The Balaban J connectivity index is 1.37. The van der Waals surface area contributed by atoms with Gasteiger partial charge in [0, 0.05) is 32.7 Å². The normalized spacial score (nSPS) is 12.8. The van der Waals surface area contributed by atoms with Crippen molar-refractivity contribution in [3.63, 3.8) is 0 Å². The largest absolute Gasteiger partial charge is 0.486 e. The molecule has 0 aliphatic carbocycles. The molecule has 1 aliphatic heterocycles. The molecule has 0 saturated heterocycles. The Hall–Kier alpha value is -4.03. The summed E-state index contributed by atoms with van der Waals surface area (Å²) in [5.74, 6) is 3.18. The molecule has 2 aromatic heterocycles. The molecule has 1 aliphatic rings. The number of benzene rings is 4. The molecule has 4 aromatic carbocycles. The Morgan fingerprint density at radius 1 is 0.974 bits per heavy atom. The molecular formula is C32H28N4OS. The topological polar surface area (TPSA) is 66.6 Å². The number of rotatable bonds is 4. The van der Waals surface area contributed by atoms with Gasteiger partial charge in [-0.1, -0.05) is 56.8 Å². The molecule has 0 unspecified atom stereocenters. The van der Waals surface area contributed by atoms with Crippen molar-refractivity contribution in [1.82, 2.24) is 19.9 Å². The number of fused-ring (bicyclic) bond motifs is 8. The van der Waals surface area contributed by atoms with Crippen molar-refractivity contribution < 1.29 is 4.74 Å². The maximum atomic E-state index is 6.27. The van der Waals surface area contributed by atoms with E-state index in [0.29, 0.717) is 12.5 Å². The summed E-state index contributed by atoms with van der Waals surface area (Å²) in [5, 5.41) is 4.65. The number of aryl methyl sites for hydroxylation is 1. The van der Waals surface area contributed by atoms with Crippen LogP contribution in [0.1, 0.15) is 42.7 Å². The highest BCUT2D eigenvalue weighted by molar-refractivity contribution is 7.99. The maximum absolute atomic E-state index is 6.27. The maximum Gasteiger partial charge on any atom is 0.137 e. The van der Waals surface area contributed by atoms with E-state index in [-0.39, 0.29) is 0 Å². The first-order valence-electron chi connectivity index (χ1n) is 12.9. The van der Waals surface area contributed by atoms with E-state index in [1.54, 1.807) is 11.8 Å². The summed E-state index contributed by atoms with van der Waals surface area (Å²) in [6.07, 6.45) is 4.04. The molecule has 0 bridgehead atoms. The highest BCUT2D eigenvalue weighted by atomic mass is 32.2. The Morgan fingerprint density at radius 3 is 2.53 bits per heavy atom. The molecule has 6 heteroatoms. The molecule has 0 radical (unpaired) electrons. The number of nitrogens with one attached hydrogen (secondary N) is 2. The Bertz CT molecular complexity index is 1930. The molecule has 0 atom stereocenters. The third kappa shape index (κ3) is 3.33. The van der Waals surface area contributed by atoms with E-state index in [4.69, 9.17) is 14.7 Å². The number of thioether (sulfide) groups is 1. The van der Waals surface area contributed by atoms with Crippen LogP contribution in [0.15, 0.2) is 60.0 Å². The molecular weight excluding hydrogens is 488 g/mol. The molecule has 38 heavy (non-hydrogen) atoms. The van der Waals surface area contributed by atoms with Gasteiger partial charge in [0.05, 0.1) is 22.4 Å². The third-order valence-electron chi connectivity index (χ3n) is 7.53. The lowest BCUT2D eigenvalue weighted by atomic mass is 9.95. The van der Waals surface area contributed by atoms with Gasteiger partial charge in [0.1, 0.15) is 24.0 Å². The Labute approximate surface area is 225 Å². The first-order valence-corrected chi connectivity index (χ1v) is 14.1. The molecule has 0 amide bonds. The summed E-state index contributed by atoms with van der Waals surface area (Å²) >= 11 is 1.74. The summed E-state index contributed by atoms with van der Waals surface area (Å²) in [7, 11) is 0. The molecule has 0 saturated carbocycles. The number of nitrogens with zero attached hydrogens (tertiary/aromatic N) is 2. The predicted octanol–water partition coefficient (Wildman–Crippen LogP) is 8.62. The van der Waals surface area contributed by atoms with Gasteiger partial charge < -0.3 is 14.7 Å². The van der Waals surface area contributed by atoms with Crippen LogP contribution in [-0.2, 0) is 6.61 Å². The quantitative estimate of drug-likeness (QED) is 0.230. The van der Waals surface area contributed by atoms with Crippen molar-refractivity contribution >= 4 is 50.4 Å². The molecule has 0 spiro atoms. The average Bonchev–Trinajstić information content (AvgIpc) is 3.55. The molecule has 0 fully saturated rings. The minimum Gasteiger partial charge on any atom is -0.486 e. The minimum absolute atomic E-state index is 0.344. The zero-order chi connectivity index (χ0) is 26.1. The number of ether oxygens (including phenoxy) is 1. The van der Waals surface area contributed by atoms with E-state index in [1.807, 2.05) is 13.0 Å². The molecule has 3 heterocycles. The van der Waals surface area contributed by atoms with Crippen LogP contribution in [0.4, 0.5) is 0 Å². The van der Waals surface area contributed by atoms with Gasteiger partial charge in [-0.25, -0.2) is 9.97 Å². The fraction of sp³-hybridized carbons (Fsp3) is 0.188. The van der Waals surface area contributed by atoms with Crippen molar-refractivity contribution in [2.24, 2.45) is 0 Å². The summed E-state index contributed by atoms with van der Waals surface area (Å²) in [6, 6.07) is 17.7. The zero-order valence-electron chi connectivity index (χ0n) is 21.9. The number of hydrogen-bond donors (Lipinski definition) is 2. The van der Waals surface area contributed by atoms with Gasteiger partial charge in [-0.2, -0.15) is 0 Å². The van der Waals surface area contributed by atoms with Crippen molar-refractivity contribution in [3.05, 3.63) is 78.0 Å². The van der Waals surface area contributed by atoms with E-state index in [9.17, 15) is 0 Å². The van der Waals surface area contributed by atoms with E-state index in [2.05, 4.69) is 85.2 Å². The van der Waals surface area contributed by atoms with Crippen LogP contribution in [0.3, 0.4) is 0 Å². The number of H-pyrrole nitrogens is 2. The van der Waals surface area contributed by atoms with Crippen LogP contribution < -0.4 is 4.74 Å². The average molecular weight is 517 g/mol. The second-order valence-electron chi connectivity index (χ2n) is 10.2. The lowest BCUT2D eigenvalue weighted by Crippen LogP contribution is -2.05.